The van der Waals surface area contributed by atoms with Gasteiger partial charge in [-0.3, -0.25) is 4.90 Å². The van der Waals surface area contributed by atoms with Crippen LogP contribution in [0.1, 0.15) is 56.9 Å². The van der Waals surface area contributed by atoms with Crippen LogP contribution in [0, 0.1) is 5.41 Å². The van der Waals surface area contributed by atoms with Crippen LogP contribution >= 0.6 is 0 Å². The summed E-state index contributed by atoms with van der Waals surface area (Å²) in [6, 6.07) is 9.45. The van der Waals surface area contributed by atoms with E-state index in [1.807, 2.05) is 0 Å². The Hall–Kier alpha value is -1.06. The number of rotatable bonds is 5. The zero-order valence-corrected chi connectivity index (χ0v) is 16.4. The van der Waals surface area contributed by atoms with E-state index in [9.17, 15) is 0 Å². The quantitative estimate of drug-likeness (QED) is 0.772. The van der Waals surface area contributed by atoms with E-state index in [0.717, 1.165) is 26.3 Å². The summed E-state index contributed by atoms with van der Waals surface area (Å²) in [5.41, 5.74) is 3.63. The van der Waals surface area contributed by atoms with Crippen LogP contribution in [-0.2, 0) is 11.2 Å². The van der Waals surface area contributed by atoms with Gasteiger partial charge in [0.25, 0.3) is 0 Å². The molecule has 0 bridgehead atoms. The molecular formula is C23H36N2O. The molecule has 3 nitrogen and oxygen atoms in total. The largest absolute Gasteiger partial charge is 0.379 e. The molecule has 1 aromatic carbocycles. The van der Waals surface area contributed by atoms with Crippen molar-refractivity contribution >= 4 is 5.69 Å². The molecule has 1 spiro atoms. The Labute approximate surface area is 159 Å². The molecule has 26 heavy (non-hydrogen) atoms. The molecular weight excluding hydrogens is 320 g/mol. The standard InChI is InChI=1S/C23H36N2O/c1-2-10-23(11-3-1)12-15-25(16-13-23)22-8-6-21(7-9-22)5-4-14-24-17-19-26-20-18-24/h6-9H,1-5,10-20H2. The fourth-order valence-corrected chi connectivity index (χ4v) is 5.25. The molecule has 2 heterocycles. The number of morpholine rings is 1. The molecule has 0 amide bonds. The summed E-state index contributed by atoms with van der Waals surface area (Å²) >= 11 is 0. The second kappa shape index (κ2) is 8.75. The first kappa shape index (κ1) is 18.3. The maximum Gasteiger partial charge on any atom is 0.0594 e. The smallest absolute Gasteiger partial charge is 0.0594 e. The molecule has 0 unspecified atom stereocenters. The minimum absolute atomic E-state index is 0.703. The summed E-state index contributed by atoms with van der Waals surface area (Å²) in [5.74, 6) is 0. The Morgan fingerprint density at radius 3 is 2.19 bits per heavy atom. The number of piperidine rings is 1. The summed E-state index contributed by atoms with van der Waals surface area (Å²) in [5, 5.41) is 0. The molecule has 2 aliphatic heterocycles. The lowest BCUT2D eigenvalue weighted by Crippen LogP contribution is -2.41. The second-order valence-corrected chi connectivity index (χ2v) is 8.77. The number of nitrogens with zero attached hydrogens (tertiary/aromatic N) is 2. The van der Waals surface area contributed by atoms with Crippen LogP contribution in [0.2, 0.25) is 0 Å². The highest BCUT2D eigenvalue weighted by Crippen LogP contribution is 2.45. The van der Waals surface area contributed by atoms with Gasteiger partial charge < -0.3 is 9.64 Å². The van der Waals surface area contributed by atoms with Crippen molar-refractivity contribution in [2.45, 2.75) is 57.8 Å². The van der Waals surface area contributed by atoms with Crippen molar-refractivity contribution in [2.24, 2.45) is 5.41 Å². The van der Waals surface area contributed by atoms with E-state index >= 15 is 0 Å². The number of hydrogen-bond acceptors (Lipinski definition) is 3. The highest BCUT2D eigenvalue weighted by atomic mass is 16.5. The van der Waals surface area contributed by atoms with Gasteiger partial charge >= 0.3 is 0 Å². The Balaban J connectivity index is 1.23. The van der Waals surface area contributed by atoms with Crippen LogP contribution in [0.5, 0.6) is 0 Å². The summed E-state index contributed by atoms with van der Waals surface area (Å²) in [6.45, 7) is 7.76. The molecule has 1 aromatic rings. The topological polar surface area (TPSA) is 15.7 Å². The first-order valence-electron chi connectivity index (χ1n) is 11.0. The molecule has 4 rings (SSSR count). The van der Waals surface area contributed by atoms with Gasteiger partial charge in [-0.1, -0.05) is 31.4 Å². The summed E-state index contributed by atoms with van der Waals surface area (Å²) in [4.78, 5) is 5.16. The summed E-state index contributed by atoms with van der Waals surface area (Å²) in [6.07, 6.45) is 12.7. The fourth-order valence-electron chi connectivity index (χ4n) is 5.25. The number of benzene rings is 1. The number of ether oxygens (including phenoxy) is 1. The number of anilines is 1. The highest BCUT2D eigenvalue weighted by molar-refractivity contribution is 5.48. The Morgan fingerprint density at radius 1 is 0.808 bits per heavy atom. The molecule has 2 saturated heterocycles. The zero-order chi connectivity index (χ0) is 17.7. The van der Waals surface area contributed by atoms with E-state index in [1.165, 1.54) is 88.7 Å². The van der Waals surface area contributed by atoms with Crippen LogP contribution in [0.25, 0.3) is 0 Å². The molecule has 0 N–H and O–H groups in total. The van der Waals surface area contributed by atoms with Crippen LogP contribution in [0.15, 0.2) is 24.3 Å². The molecule has 0 atom stereocenters. The van der Waals surface area contributed by atoms with Crippen LogP contribution < -0.4 is 4.90 Å². The van der Waals surface area contributed by atoms with E-state index in [4.69, 9.17) is 4.74 Å². The lowest BCUT2D eigenvalue weighted by atomic mass is 9.68. The highest BCUT2D eigenvalue weighted by Gasteiger charge is 2.35. The first-order chi connectivity index (χ1) is 12.8. The van der Waals surface area contributed by atoms with Crippen molar-refractivity contribution in [1.29, 1.82) is 0 Å². The molecule has 3 aliphatic rings. The van der Waals surface area contributed by atoms with Crippen molar-refractivity contribution in [3.8, 4) is 0 Å². The van der Waals surface area contributed by atoms with E-state index < -0.39 is 0 Å². The third kappa shape index (κ3) is 4.61. The molecule has 1 aliphatic carbocycles. The van der Waals surface area contributed by atoms with Gasteiger partial charge in [0, 0.05) is 31.9 Å². The zero-order valence-electron chi connectivity index (χ0n) is 16.4. The summed E-state index contributed by atoms with van der Waals surface area (Å²) < 4.78 is 5.43. The van der Waals surface area contributed by atoms with Crippen LogP contribution in [0.4, 0.5) is 5.69 Å². The summed E-state index contributed by atoms with van der Waals surface area (Å²) in [7, 11) is 0. The fraction of sp³-hybridized carbons (Fsp3) is 0.739. The van der Waals surface area contributed by atoms with E-state index in [-0.39, 0.29) is 0 Å². The lowest BCUT2D eigenvalue weighted by Gasteiger charge is -2.45. The minimum Gasteiger partial charge on any atom is -0.379 e. The lowest BCUT2D eigenvalue weighted by molar-refractivity contribution is 0.0375. The van der Waals surface area contributed by atoms with Crippen molar-refractivity contribution in [3.05, 3.63) is 29.8 Å². The molecule has 1 saturated carbocycles. The van der Waals surface area contributed by atoms with Gasteiger partial charge in [-0.15, -0.1) is 0 Å². The maximum atomic E-state index is 5.43. The molecule has 144 valence electrons. The molecule has 3 heteroatoms. The van der Waals surface area contributed by atoms with Crippen molar-refractivity contribution < 1.29 is 4.74 Å². The Kier molecular flexibility index (Phi) is 6.16. The third-order valence-electron chi connectivity index (χ3n) is 7.08. The average Bonchev–Trinajstić information content (AvgIpc) is 2.71. The molecule has 3 fully saturated rings. The van der Waals surface area contributed by atoms with Crippen LogP contribution in [0.3, 0.4) is 0 Å². The predicted molar refractivity (Wildman–Crippen MR) is 109 cm³/mol. The molecule has 0 radical (unpaired) electrons. The van der Waals surface area contributed by atoms with Gasteiger partial charge in [0.05, 0.1) is 13.2 Å². The van der Waals surface area contributed by atoms with E-state index in [2.05, 4.69) is 34.1 Å². The van der Waals surface area contributed by atoms with Crippen molar-refractivity contribution in [1.82, 2.24) is 4.90 Å². The normalized spacial score (nSPS) is 24.1. The number of hydrogen-bond donors (Lipinski definition) is 0. The van der Waals surface area contributed by atoms with E-state index in [1.54, 1.807) is 0 Å². The van der Waals surface area contributed by atoms with Crippen molar-refractivity contribution in [2.75, 3.05) is 50.8 Å². The Bertz CT molecular complexity index is 534. The average molecular weight is 357 g/mol. The van der Waals surface area contributed by atoms with Gasteiger partial charge in [0.1, 0.15) is 0 Å². The SMILES string of the molecule is c1cc(N2CCC3(CCCCC3)CC2)ccc1CCCN1CCOCC1. The van der Waals surface area contributed by atoms with Gasteiger partial charge in [-0.25, -0.2) is 0 Å². The predicted octanol–water partition coefficient (Wildman–Crippen LogP) is 4.50. The maximum absolute atomic E-state index is 5.43. The Morgan fingerprint density at radius 2 is 1.50 bits per heavy atom. The van der Waals surface area contributed by atoms with Gasteiger partial charge in [0.2, 0.25) is 0 Å². The van der Waals surface area contributed by atoms with Gasteiger partial charge in [-0.05, 0) is 68.2 Å². The first-order valence-corrected chi connectivity index (χ1v) is 11.0. The van der Waals surface area contributed by atoms with Crippen LogP contribution in [-0.4, -0.2) is 50.8 Å². The van der Waals surface area contributed by atoms with Gasteiger partial charge in [-0.2, -0.15) is 0 Å². The van der Waals surface area contributed by atoms with Crippen molar-refractivity contribution in [3.63, 3.8) is 0 Å². The molecule has 0 aromatic heterocycles. The van der Waals surface area contributed by atoms with E-state index in [0.29, 0.717) is 5.41 Å². The van der Waals surface area contributed by atoms with Gasteiger partial charge in [0.15, 0.2) is 0 Å². The third-order valence-corrected chi connectivity index (χ3v) is 7.08. The second-order valence-electron chi connectivity index (χ2n) is 8.77. The number of aryl methyl sites for hydroxylation is 1. The minimum atomic E-state index is 0.703. The monoisotopic (exact) mass is 356 g/mol.